The van der Waals surface area contributed by atoms with Crippen LogP contribution in [0.5, 0.6) is 11.8 Å². The minimum absolute atomic E-state index is 0.214. The first kappa shape index (κ1) is 31.2. The van der Waals surface area contributed by atoms with Gasteiger partial charge in [0.2, 0.25) is 11.8 Å². The summed E-state index contributed by atoms with van der Waals surface area (Å²) in [5, 5.41) is 3.49. The molecule has 3 heterocycles. The summed E-state index contributed by atoms with van der Waals surface area (Å²) in [6.07, 6.45) is -0.214. The first-order valence-corrected chi connectivity index (χ1v) is 16.0. The van der Waals surface area contributed by atoms with Crippen LogP contribution >= 0.6 is 0 Å². The van der Waals surface area contributed by atoms with E-state index in [2.05, 4.69) is 39.4 Å². The highest BCUT2D eigenvalue weighted by Gasteiger charge is 2.35. The van der Waals surface area contributed by atoms with Gasteiger partial charge in [-0.05, 0) is 62.2 Å². The van der Waals surface area contributed by atoms with E-state index in [0.717, 1.165) is 48.7 Å². The smallest absolute Gasteiger partial charge is 0.410 e. The van der Waals surface area contributed by atoms with Gasteiger partial charge in [0, 0.05) is 62.8 Å². The van der Waals surface area contributed by atoms with Crippen molar-refractivity contribution in [1.29, 1.82) is 0 Å². The number of hydrogen-bond donors (Lipinski definition) is 1. The molecule has 2 aliphatic heterocycles. The average Bonchev–Trinajstić information content (AvgIpc) is 3.04. The largest absolute Gasteiger partial charge is 0.473 e. The number of rotatable bonds is 10. The van der Waals surface area contributed by atoms with Gasteiger partial charge in [-0.2, -0.15) is 4.98 Å². The highest BCUT2D eigenvalue weighted by atomic mass is 16.6. The molecule has 0 saturated carbocycles. The number of hydrogen-bond acceptors (Lipinski definition) is 8. The highest BCUT2D eigenvalue weighted by molar-refractivity contribution is 5.68. The molecule has 2 saturated heterocycles. The monoisotopic (exact) mass is 621 g/mol. The first-order valence-electron chi connectivity index (χ1n) is 16.0. The maximum atomic E-state index is 12.4. The van der Waals surface area contributed by atoms with Gasteiger partial charge in [0.25, 0.3) is 0 Å². The Balaban J connectivity index is 1.04. The summed E-state index contributed by atoms with van der Waals surface area (Å²) in [5.74, 6) is 0.988. The number of pyridine rings is 1. The zero-order valence-corrected chi connectivity index (χ0v) is 26.9. The molecule has 2 aliphatic rings. The van der Waals surface area contributed by atoms with E-state index in [1.165, 1.54) is 5.69 Å². The van der Waals surface area contributed by atoms with Gasteiger partial charge in [0.15, 0.2) is 0 Å². The zero-order chi connectivity index (χ0) is 31.9. The maximum absolute atomic E-state index is 12.4. The van der Waals surface area contributed by atoms with Crippen LogP contribution in [-0.2, 0) is 18.0 Å². The molecular weight excluding hydrogens is 578 g/mol. The number of amides is 1. The standard InChI is InChI=1S/C37H43N5O4/c1-37(2,3)46-36(43)41-22-20-40(21-23-41)32-24-42(25-32)31-16-14-30(15-17-31)38-33-18-19-34(44-26-28-10-6-4-7-11-28)39-35(33)45-27-29-12-8-5-9-13-29/h4-19,32,38H,20-27H2,1-3H3. The van der Waals surface area contributed by atoms with Crippen LogP contribution in [0.2, 0.25) is 0 Å². The van der Waals surface area contributed by atoms with Gasteiger partial charge in [-0.25, -0.2) is 4.79 Å². The van der Waals surface area contributed by atoms with Crippen molar-refractivity contribution in [2.24, 2.45) is 0 Å². The van der Waals surface area contributed by atoms with Gasteiger partial charge >= 0.3 is 6.09 Å². The van der Waals surface area contributed by atoms with E-state index in [-0.39, 0.29) is 6.09 Å². The maximum Gasteiger partial charge on any atom is 0.410 e. The normalized spacial score (nSPS) is 15.6. The first-order chi connectivity index (χ1) is 22.3. The van der Waals surface area contributed by atoms with Gasteiger partial charge in [0.05, 0.1) is 0 Å². The van der Waals surface area contributed by atoms with E-state index in [9.17, 15) is 4.79 Å². The number of carbonyl (C=O) groups excluding carboxylic acids is 1. The fourth-order valence-corrected chi connectivity index (χ4v) is 5.57. The fourth-order valence-electron chi connectivity index (χ4n) is 5.57. The van der Waals surface area contributed by atoms with Crippen LogP contribution in [0.3, 0.4) is 0 Å². The van der Waals surface area contributed by atoms with Crippen molar-refractivity contribution < 1.29 is 19.0 Å². The Hall–Kier alpha value is -4.76. The number of anilines is 3. The number of ether oxygens (including phenoxy) is 3. The molecule has 0 atom stereocenters. The molecule has 1 N–H and O–H groups in total. The van der Waals surface area contributed by atoms with E-state index in [4.69, 9.17) is 19.2 Å². The molecule has 3 aromatic carbocycles. The lowest BCUT2D eigenvalue weighted by molar-refractivity contribution is 0.00876. The molecule has 46 heavy (non-hydrogen) atoms. The Labute approximate surface area is 271 Å². The summed E-state index contributed by atoms with van der Waals surface area (Å²) in [5.41, 5.74) is 4.58. The molecule has 2 fully saturated rings. The molecule has 0 aliphatic carbocycles. The number of piperazine rings is 1. The van der Waals surface area contributed by atoms with Crippen LogP contribution in [0.1, 0.15) is 31.9 Å². The molecule has 0 bridgehead atoms. The Morgan fingerprint density at radius 2 is 1.39 bits per heavy atom. The molecule has 1 aromatic heterocycles. The molecule has 1 amide bonds. The lowest BCUT2D eigenvalue weighted by Gasteiger charge is -2.49. The van der Waals surface area contributed by atoms with Crippen LogP contribution in [0.4, 0.5) is 21.9 Å². The Bertz CT molecular complexity index is 1560. The van der Waals surface area contributed by atoms with Crippen molar-refractivity contribution in [3.05, 3.63) is 108 Å². The molecule has 0 unspecified atom stereocenters. The molecule has 6 rings (SSSR count). The number of benzene rings is 3. The van der Waals surface area contributed by atoms with Crippen LogP contribution in [0.25, 0.3) is 0 Å². The van der Waals surface area contributed by atoms with Crippen molar-refractivity contribution >= 4 is 23.2 Å². The van der Waals surface area contributed by atoms with Crippen LogP contribution in [-0.4, -0.2) is 71.8 Å². The fraction of sp³-hybridized carbons (Fsp3) is 0.351. The number of nitrogens with zero attached hydrogens (tertiary/aromatic N) is 4. The third kappa shape index (κ3) is 8.28. The second-order valence-corrected chi connectivity index (χ2v) is 12.8. The van der Waals surface area contributed by atoms with Crippen LogP contribution in [0.15, 0.2) is 97.1 Å². The number of nitrogens with one attached hydrogen (secondary N) is 1. The number of carbonyl (C=O) groups is 1. The van der Waals surface area contributed by atoms with E-state index in [0.29, 0.717) is 44.1 Å². The summed E-state index contributed by atoms with van der Waals surface area (Å²) in [4.78, 5) is 23.8. The minimum Gasteiger partial charge on any atom is -0.473 e. The quantitative estimate of drug-likeness (QED) is 0.209. The van der Waals surface area contributed by atoms with Crippen molar-refractivity contribution in [2.75, 3.05) is 49.5 Å². The van der Waals surface area contributed by atoms with E-state index >= 15 is 0 Å². The lowest BCUT2D eigenvalue weighted by atomic mass is 10.0. The van der Waals surface area contributed by atoms with Crippen molar-refractivity contribution in [3.8, 4) is 11.8 Å². The predicted octanol–water partition coefficient (Wildman–Crippen LogP) is 6.72. The van der Waals surface area contributed by atoms with Gasteiger partial charge in [-0.15, -0.1) is 0 Å². The summed E-state index contributed by atoms with van der Waals surface area (Å²) in [7, 11) is 0. The molecule has 0 radical (unpaired) electrons. The molecular formula is C37H43N5O4. The molecule has 9 nitrogen and oxygen atoms in total. The van der Waals surface area contributed by atoms with Gasteiger partial charge < -0.3 is 29.3 Å². The second kappa shape index (κ2) is 14.1. The lowest BCUT2D eigenvalue weighted by Crippen LogP contribution is -2.63. The van der Waals surface area contributed by atoms with Crippen molar-refractivity contribution in [3.63, 3.8) is 0 Å². The van der Waals surface area contributed by atoms with E-state index in [1.54, 1.807) is 0 Å². The topological polar surface area (TPSA) is 79.4 Å². The van der Waals surface area contributed by atoms with E-state index in [1.807, 2.05) is 98.5 Å². The number of aromatic nitrogens is 1. The Morgan fingerprint density at radius 3 is 2.00 bits per heavy atom. The van der Waals surface area contributed by atoms with Crippen LogP contribution in [0, 0.1) is 0 Å². The van der Waals surface area contributed by atoms with Gasteiger partial charge in [-0.1, -0.05) is 60.7 Å². The summed E-state index contributed by atoms with van der Waals surface area (Å²) >= 11 is 0. The zero-order valence-electron chi connectivity index (χ0n) is 26.9. The van der Waals surface area contributed by atoms with Crippen molar-refractivity contribution in [1.82, 2.24) is 14.8 Å². The van der Waals surface area contributed by atoms with Crippen molar-refractivity contribution in [2.45, 2.75) is 45.6 Å². The summed E-state index contributed by atoms with van der Waals surface area (Å²) in [6, 6.07) is 32.9. The van der Waals surface area contributed by atoms with Gasteiger partial charge in [0.1, 0.15) is 24.5 Å². The summed E-state index contributed by atoms with van der Waals surface area (Å²) in [6.45, 7) is 11.7. The minimum atomic E-state index is -0.467. The molecule has 4 aromatic rings. The van der Waals surface area contributed by atoms with Gasteiger partial charge in [-0.3, -0.25) is 4.90 Å². The molecule has 0 spiro atoms. The predicted molar refractivity (Wildman–Crippen MR) is 181 cm³/mol. The SMILES string of the molecule is CC(C)(C)OC(=O)N1CCN(C2CN(c3ccc(Nc4ccc(OCc5ccccc5)nc4OCc4ccccc4)cc3)C2)CC1. The third-order valence-corrected chi connectivity index (χ3v) is 8.14. The highest BCUT2D eigenvalue weighted by Crippen LogP contribution is 2.31. The third-order valence-electron chi connectivity index (χ3n) is 8.14. The Kier molecular flexibility index (Phi) is 9.59. The Morgan fingerprint density at radius 1 is 0.783 bits per heavy atom. The van der Waals surface area contributed by atoms with E-state index < -0.39 is 5.60 Å². The molecule has 9 heteroatoms. The van der Waals surface area contributed by atoms with Crippen LogP contribution < -0.4 is 19.7 Å². The summed E-state index contributed by atoms with van der Waals surface area (Å²) < 4.78 is 17.7. The molecule has 240 valence electrons. The average molecular weight is 622 g/mol. The second-order valence-electron chi connectivity index (χ2n) is 12.8.